The van der Waals surface area contributed by atoms with Gasteiger partial charge in [0.2, 0.25) is 0 Å². The number of esters is 1. The monoisotopic (exact) mass is 358 g/mol. The summed E-state index contributed by atoms with van der Waals surface area (Å²) in [6, 6.07) is 15.9. The lowest BCUT2D eigenvalue weighted by Gasteiger charge is -2.06. The van der Waals surface area contributed by atoms with E-state index in [1.807, 2.05) is 49.4 Å². The number of aromatic nitrogens is 2. The van der Waals surface area contributed by atoms with Gasteiger partial charge in [-0.05, 0) is 37.3 Å². The number of para-hydroxylation sites is 1. The summed E-state index contributed by atoms with van der Waals surface area (Å²) >= 11 is 0. The Hall–Kier alpha value is -3.47. The number of hydrogen-bond donors (Lipinski definition) is 2. The van der Waals surface area contributed by atoms with Gasteiger partial charge in [0.05, 0.1) is 24.8 Å². The maximum atomic E-state index is 12.9. The van der Waals surface area contributed by atoms with Crippen molar-refractivity contribution in [2.75, 3.05) is 13.7 Å². The van der Waals surface area contributed by atoms with Gasteiger partial charge in [-0.2, -0.15) is 0 Å². The molecular weight excluding hydrogens is 340 g/mol. The van der Waals surface area contributed by atoms with E-state index in [9.17, 15) is 4.79 Å². The van der Waals surface area contributed by atoms with E-state index >= 15 is 0 Å². The Labute approximate surface area is 154 Å². The number of methoxy groups -OCH3 is 1. The van der Waals surface area contributed by atoms with Crippen molar-refractivity contribution >= 4 is 49.6 Å². The van der Waals surface area contributed by atoms with Crippen molar-refractivity contribution in [3.8, 4) is 5.75 Å². The van der Waals surface area contributed by atoms with Gasteiger partial charge in [-0.3, -0.25) is 0 Å². The Bertz CT molecular complexity index is 1340. The normalized spacial score (nSPS) is 11.6. The number of fused-ring (bicyclic) bond motifs is 6. The van der Waals surface area contributed by atoms with Crippen molar-refractivity contribution in [3.05, 3.63) is 54.1 Å². The Kier molecular flexibility index (Phi) is 3.37. The second kappa shape index (κ2) is 5.77. The summed E-state index contributed by atoms with van der Waals surface area (Å²) in [4.78, 5) is 19.8. The molecule has 0 aliphatic rings. The van der Waals surface area contributed by atoms with E-state index in [1.165, 1.54) is 0 Å². The average Bonchev–Trinajstić information content (AvgIpc) is 3.23. The highest BCUT2D eigenvalue weighted by molar-refractivity contribution is 6.26. The van der Waals surface area contributed by atoms with Crippen LogP contribution in [0.2, 0.25) is 0 Å². The molecule has 0 amide bonds. The second-order valence-corrected chi connectivity index (χ2v) is 6.52. The average molecular weight is 358 g/mol. The minimum Gasteiger partial charge on any atom is -0.497 e. The highest BCUT2D eigenvalue weighted by atomic mass is 16.5. The molecule has 0 unspecified atom stereocenters. The quantitative estimate of drug-likeness (QED) is 0.439. The molecule has 5 rings (SSSR count). The number of H-pyrrole nitrogens is 2. The molecule has 5 heteroatoms. The van der Waals surface area contributed by atoms with E-state index in [2.05, 4.69) is 16.0 Å². The third-order valence-corrected chi connectivity index (χ3v) is 5.05. The summed E-state index contributed by atoms with van der Waals surface area (Å²) in [5.41, 5.74) is 4.21. The molecule has 2 N–H and O–H groups in total. The molecule has 2 aromatic heterocycles. The number of hydrogen-bond acceptors (Lipinski definition) is 3. The fraction of sp³-hybridized carbons (Fsp3) is 0.136. The Balaban J connectivity index is 1.99. The van der Waals surface area contributed by atoms with Gasteiger partial charge < -0.3 is 19.4 Å². The number of nitrogens with one attached hydrogen (secondary N) is 2. The maximum absolute atomic E-state index is 12.9. The zero-order chi connectivity index (χ0) is 18.5. The molecule has 0 bridgehead atoms. The van der Waals surface area contributed by atoms with Crippen LogP contribution in [-0.4, -0.2) is 29.7 Å². The van der Waals surface area contributed by atoms with Crippen molar-refractivity contribution in [3.63, 3.8) is 0 Å². The predicted molar refractivity (Wildman–Crippen MR) is 108 cm³/mol. The number of benzene rings is 3. The van der Waals surface area contributed by atoms with Gasteiger partial charge in [0, 0.05) is 38.1 Å². The minimum absolute atomic E-state index is 0.323. The van der Waals surface area contributed by atoms with Crippen molar-refractivity contribution in [1.82, 2.24) is 9.97 Å². The summed E-state index contributed by atoms with van der Waals surface area (Å²) in [5, 5.41) is 3.87. The standard InChI is InChI=1S/C22H18N2O3/c1-3-27-22(25)20-19-13-6-4-5-7-16(13)23-18(19)11-15-14-10-12(26-2)8-9-17(14)24-21(15)20/h4-11,23-24H,3H2,1-2H3. The van der Waals surface area contributed by atoms with Crippen LogP contribution < -0.4 is 4.74 Å². The van der Waals surface area contributed by atoms with E-state index in [4.69, 9.17) is 9.47 Å². The lowest BCUT2D eigenvalue weighted by atomic mass is 10.0. The summed E-state index contributed by atoms with van der Waals surface area (Å²) < 4.78 is 10.8. The van der Waals surface area contributed by atoms with E-state index in [0.29, 0.717) is 12.2 Å². The first-order chi connectivity index (χ1) is 13.2. The molecule has 0 aliphatic carbocycles. The fourth-order valence-corrected chi connectivity index (χ4v) is 3.88. The molecule has 0 spiro atoms. The van der Waals surface area contributed by atoms with Crippen molar-refractivity contribution in [1.29, 1.82) is 0 Å². The van der Waals surface area contributed by atoms with Gasteiger partial charge in [-0.1, -0.05) is 18.2 Å². The van der Waals surface area contributed by atoms with Gasteiger partial charge in [0.15, 0.2) is 0 Å². The molecule has 0 atom stereocenters. The van der Waals surface area contributed by atoms with Crippen LogP contribution in [0.4, 0.5) is 0 Å². The largest absolute Gasteiger partial charge is 0.497 e. The molecule has 0 fully saturated rings. The Morgan fingerprint density at radius 2 is 1.74 bits per heavy atom. The van der Waals surface area contributed by atoms with Crippen molar-refractivity contribution in [2.24, 2.45) is 0 Å². The Morgan fingerprint density at radius 3 is 2.56 bits per heavy atom. The van der Waals surface area contributed by atoms with Crippen molar-refractivity contribution < 1.29 is 14.3 Å². The molecule has 0 saturated heterocycles. The van der Waals surface area contributed by atoms with Crippen LogP contribution in [0.1, 0.15) is 17.3 Å². The minimum atomic E-state index is -0.323. The second-order valence-electron chi connectivity index (χ2n) is 6.52. The van der Waals surface area contributed by atoms with Crippen LogP contribution in [0.15, 0.2) is 48.5 Å². The lowest BCUT2D eigenvalue weighted by molar-refractivity contribution is 0.0531. The fourth-order valence-electron chi connectivity index (χ4n) is 3.88. The third kappa shape index (κ3) is 2.21. The van der Waals surface area contributed by atoms with Crippen molar-refractivity contribution in [2.45, 2.75) is 6.92 Å². The third-order valence-electron chi connectivity index (χ3n) is 5.05. The summed E-state index contributed by atoms with van der Waals surface area (Å²) in [6.07, 6.45) is 0. The number of carbonyl (C=O) groups excluding carboxylic acids is 1. The number of ether oxygens (including phenoxy) is 2. The number of aromatic amines is 2. The Morgan fingerprint density at radius 1 is 0.926 bits per heavy atom. The van der Waals surface area contributed by atoms with E-state index in [-0.39, 0.29) is 5.97 Å². The van der Waals surface area contributed by atoms with Gasteiger partial charge >= 0.3 is 5.97 Å². The van der Waals surface area contributed by atoms with Gasteiger partial charge in [-0.25, -0.2) is 4.79 Å². The van der Waals surface area contributed by atoms with E-state index in [1.54, 1.807) is 7.11 Å². The van der Waals surface area contributed by atoms with Crippen LogP contribution in [0, 0.1) is 0 Å². The van der Waals surface area contributed by atoms with E-state index in [0.717, 1.165) is 49.4 Å². The zero-order valence-corrected chi connectivity index (χ0v) is 15.1. The molecule has 2 heterocycles. The lowest BCUT2D eigenvalue weighted by Crippen LogP contribution is -2.06. The maximum Gasteiger partial charge on any atom is 0.340 e. The summed E-state index contributed by atoms with van der Waals surface area (Å²) in [6.45, 7) is 2.15. The van der Waals surface area contributed by atoms with Gasteiger partial charge in [0.1, 0.15) is 5.75 Å². The topological polar surface area (TPSA) is 67.1 Å². The van der Waals surface area contributed by atoms with Gasteiger partial charge in [-0.15, -0.1) is 0 Å². The first-order valence-corrected chi connectivity index (χ1v) is 8.91. The van der Waals surface area contributed by atoms with Gasteiger partial charge in [0.25, 0.3) is 0 Å². The molecule has 27 heavy (non-hydrogen) atoms. The van der Waals surface area contributed by atoms with Crippen LogP contribution in [0.3, 0.4) is 0 Å². The van der Waals surface area contributed by atoms with Crippen LogP contribution in [0.25, 0.3) is 43.6 Å². The first-order valence-electron chi connectivity index (χ1n) is 8.91. The van der Waals surface area contributed by atoms with Crippen LogP contribution in [0.5, 0.6) is 5.75 Å². The molecule has 0 saturated carbocycles. The smallest absolute Gasteiger partial charge is 0.340 e. The molecule has 5 nitrogen and oxygen atoms in total. The molecule has 0 radical (unpaired) electrons. The number of carbonyl (C=O) groups is 1. The molecule has 3 aromatic carbocycles. The summed E-state index contributed by atoms with van der Waals surface area (Å²) in [7, 11) is 1.65. The van der Waals surface area contributed by atoms with Crippen LogP contribution in [-0.2, 0) is 4.74 Å². The molecule has 0 aliphatic heterocycles. The molecule has 5 aromatic rings. The van der Waals surface area contributed by atoms with Crippen LogP contribution >= 0.6 is 0 Å². The highest BCUT2D eigenvalue weighted by Crippen LogP contribution is 2.38. The highest BCUT2D eigenvalue weighted by Gasteiger charge is 2.22. The number of rotatable bonds is 3. The van der Waals surface area contributed by atoms with E-state index < -0.39 is 0 Å². The zero-order valence-electron chi connectivity index (χ0n) is 15.1. The molecular formula is C22H18N2O3. The molecule has 134 valence electrons. The first kappa shape index (κ1) is 15.8. The summed E-state index contributed by atoms with van der Waals surface area (Å²) in [5.74, 6) is 0.453. The predicted octanol–water partition coefficient (Wildman–Crippen LogP) is 5.14. The SMILES string of the molecule is CCOC(=O)c1c2[nH]c3ccc(OC)cc3c2cc2[nH]c3ccccc3c12.